The average molecular weight is 417 g/mol. The molecule has 1 N–H and O–H groups in total. The summed E-state index contributed by atoms with van der Waals surface area (Å²) in [5.41, 5.74) is 4.47. The first-order valence-electron chi connectivity index (χ1n) is 11.0. The highest BCUT2D eigenvalue weighted by Gasteiger charge is 2.42. The lowest BCUT2D eigenvalue weighted by Gasteiger charge is -2.26. The van der Waals surface area contributed by atoms with Gasteiger partial charge in [0, 0.05) is 53.3 Å². The van der Waals surface area contributed by atoms with Gasteiger partial charge in [0.2, 0.25) is 0 Å². The number of fused-ring (bicyclic) bond motifs is 1. The van der Waals surface area contributed by atoms with Crippen LogP contribution < -0.4 is 0 Å². The highest BCUT2D eigenvalue weighted by molar-refractivity contribution is 6.01. The molecule has 6 heteroatoms. The molecule has 1 fully saturated rings. The van der Waals surface area contributed by atoms with E-state index in [4.69, 9.17) is 4.98 Å². The molecule has 1 atom stereocenters. The van der Waals surface area contributed by atoms with E-state index in [0.29, 0.717) is 11.1 Å². The van der Waals surface area contributed by atoms with Crippen molar-refractivity contribution in [2.75, 3.05) is 7.05 Å². The van der Waals surface area contributed by atoms with Gasteiger partial charge in [-0.1, -0.05) is 31.0 Å². The van der Waals surface area contributed by atoms with E-state index in [2.05, 4.69) is 17.4 Å². The van der Waals surface area contributed by atoms with Crippen LogP contribution >= 0.6 is 0 Å². The van der Waals surface area contributed by atoms with Crippen molar-refractivity contribution in [3.05, 3.63) is 59.5 Å². The van der Waals surface area contributed by atoms with Crippen LogP contribution in [0.3, 0.4) is 0 Å². The number of benzene rings is 1. The number of hydrogen-bond acceptors (Lipinski definition) is 4. The Morgan fingerprint density at radius 2 is 1.90 bits per heavy atom. The highest BCUT2D eigenvalue weighted by atomic mass is 16.3. The molecule has 1 unspecified atom stereocenters. The predicted molar refractivity (Wildman–Crippen MR) is 119 cm³/mol. The molecule has 1 amide bonds. The molecule has 31 heavy (non-hydrogen) atoms. The minimum Gasteiger partial charge on any atom is -0.367 e. The molecule has 3 heterocycles. The van der Waals surface area contributed by atoms with E-state index in [9.17, 15) is 9.90 Å². The van der Waals surface area contributed by atoms with Gasteiger partial charge in [0.1, 0.15) is 0 Å². The zero-order valence-electron chi connectivity index (χ0n) is 18.3. The second-order valence-electron chi connectivity index (χ2n) is 9.10. The molecule has 6 nitrogen and oxygen atoms in total. The van der Waals surface area contributed by atoms with Crippen molar-refractivity contribution in [1.29, 1.82) is 0 Å². The molecule has 3 aromatic rings. The van der Waals surface area contributed by atoms with Crippen molar-refractivity contribution >= 4 is 5.91 Å². The van der Waals surface area contributed by atoms with Crippen molar-refractivity contribution in [2.45, 2.75) is 51.8 Å². The van der Waals surface area contributed by atoms with Crippen molar-refractivity contribution in [3.63, 3.8) is 0 Å². The Hall–Kier alpha value is -2.99. The summed E-state index contributed by atoms with van der Waals surface area (Å²) in [5.74, 6) is 0.538. The summed E-state index contributed by atoms with van der Waals surface area (Å²) in [7, 11) is 1.62. The van der Waals surface area contributed by atoms with Gasteiger partial charge in [0.25, 0.3) is 5.91 Å². The topological polar surface area (TPSA) is 71.2 Å². The summed E-state index contributed by atoms with van der Waals surface area (Å²) < 4.78 is 2.05. The van der Waals surface area contributed by atoms with Gasteiger partial charge in [-0.05, 0) is 44.7 Å². The van der Waals surface area contributed by atoms with Crippen LogP contribution in [0.15, 0.2) is 42.7 Å². The summed E-state index contributed by atoms with van der Waals surface area (Å²) in [4.78, 5) is 18.9. The van der Waals surface area contributed by atoms with Crippen LogP contribution in [0, 0.1) is 12.8 Å². The fourth-order valence-corrected chi connectivity index (χ4v) is 4.91. The van der Waals surface area contributed by atoms with E-state index in [1.165, 1.54) is 30.6 Å². The molecular formula is C25H28N4O2. The minimum atomic E-state index is -1.30. The van der Waals surface area contributed by atoms with Crippen molar-refractivity contribution in [1.82, 2.24) is 19.7 Å². The number of aryl methyl sites for hydroxylation is 1. The predicted octanol–water partition coefficient (Wildman–Crippen LogP) is 4.36. The summed E-state index contributed by atoms with van der Waals surface area (Å²) in [6, 6.07) is 9.71. The normalized spacial score (nSPS) is 21.2. The molecule has 2 aromatic heterocycles. The fraction of sp³-hybridized carbons (Fsp3) is 0.400. The van der Waals surface area contributed by atoms with E-state index in [-0.39, 0.29) is 5.91 Å². The van der Waals surface area contributed by atoms with Gasteiger partial charge in [-0.2, -0.15) is 5.10 Å². The molecule has 2 aliphatic rings. The largest absolute Gasteiger partial charge is 0.367 e. The lowest BCUT2D eigenvalue weighted by molar-refractivity contribution is -0.0558. The van der Waals surface area contributed by atoms with Gasteiger partial charge >= 0.3 is 0 Å². The molecule has 0 radical (unpaired) electrons. The number of aromatic nitrogens is 3. The third-order valence-electron chi connectivity index (χ3n) is 6.89. The molecule has 0 spiro atoms. The SMILES string of the molecule is Cc1ccc(-c2cnn(CC3CCCC3)c2)c(-c2ccc3c(c2)C(=O)N(C)C3(C)O)n1. The third kappa shape index (κ3) is 3.35. The second-order valence-corrected chi connectivity index (χ2v) is 9.10. The standard InChI is InChI=1S/C25H28N4O2/c1-16-8-10-20(19-13-26-29(15-19)14-17-6-4-5-7-17)23(27-16)18-9-11-22-21(12-18)24(30)28(3)25(22,2)31/h8-13,15,17,31H,4-7,14H2,1-3H3. The molecule has 0 bridgehead atoms. The fourth-order valence-electron chi connectivity index (χ4n) is 4.91. The first-order valence-corrected chi connectivity index (χ1v) is 11.0. The van der Waals surface area contributed by atoms with Gasteiger partial charge < -0.3 is 10.0 Å². The number of carbonyl (C=O) groups is 1. The smallest absolute Gasteiger partial charge is 0.256 e. The maximum atomic E-state index is 12.7. The maximum absolute atomic E-state index is 12.7. The zero-order chi connectivity index (χ0) is 21.8. The number of aliphatic hydroxyl groups is 1. The maximum Gasteiger partial charge on any atom is 0.256 e. The van der Waals surface area contributed by atoms with Crippen LogP contribution in [-0.2, 0) is 12.3 Å². The zero-order valence-corrected chi connectivity index (χ0v) is 18.3. The first kappa shape index (κ1) is 19.9. The van der Waals surface area contributed by atoms with Crippen molar-refractivity contribution < 1.29 is 9.90 Å². The average Bonchev–Trinajstić information content (AvgIpc) is 3.47. The van der Waals surface area contributed by atoms with Gasteiger partial charge in [-0.3, -0.25) is 14.5 Å². The molecule has 1 aliphatic carbocycles. The van der Waals surface area contributed by atoms with Crippen LogP contribution in [0.1, 0.15) is 54.2 Å². The Kier molecular flexibility index (Phi) is 4.70. The lowest BCUT2D eigenvalue weighted by atomic mass is 9.96. The van der Waals surface area contributed by atoms with Crippen LogP contribution in [0.5, 0.6) is 0 Å². The summed E-state index contributed by atoms with van der Waals surface area (Å²) in [5, 5.41) is 15.3. The number of hydrogen-bond donors (Lipinski definition) is 1. The number of pyridine rings is 1. The Bertz CT molecular complexity index is 1160. The first-order chi connectivity index (χ1) is 14.8. The van der Waals surface area contributed by atoms with Crippen LogP contribution in [0.4, 0.5) is 0 Å². The highest BCUT2D eigenvalue weighted by Crippen LogP contribution is 2.39. The third-order valence-corrected chi connectivity index (χ3v) is 6.89. The molecule has 160 valence electrons. The van der Waals surface area contributed by atoms with E-state index in [1.807, 2.05) is 42.1 Å². The van der Waals surface area contributed by atoms with Crippen molar-refractivity contribution in [2.24, 2.45) is 5.92 Å². The number of nitrogens with zero attached hydrogens (tertiary/aromatic N) is 4. The Morgan fingerprint density at radius 3 is 2.68 bits per heavy atom. The van der Waals surface area contributed by atoms with E-state index in [0.717, 1.165) is 40.5 Å². The molecular weight excluding hydrogens is 388 g/mol. The summed E-state index contributed by atoms with van der Waals surface area (Å²) in [6.07, 6.45) is 9.23. The molecule has 0 saturated heterocycles. The molecule has 1 aromatic carbocycles. The minimum absolute atomic E-state index is 0.180. The number of amides is 1. The van der Waals surface area contributed by atoms with Gasteiger partial charge in [-0.15, -0.1) is 0 Å². The molecule has 5 rings (SSSR count). The second kappa shape index (κ2) is 7.31. The molecule has 1 aliphatic heterocycles. The van der Waals surface area contributed by atoms with E-state index in [1.54, 1.807) is 14.0 Å². The summed E-state index contributed by atoms with van der Waals surface area (Å²) >= 11 is 0. The van der Waals surface area contributed by atoms with Gasteiger partial charge in [0.05, 0.1) is 11.9 Å². The quantitative estimate of drug-likeness (QED) is 0.686. The number of rotatable bonds is 4. The van der Waals surface area contributed by atoms with Crippen LogP contribution in [0.2, 0.25) is 0 Å². The van der Waals surface area contributed by atoms with Crippen LogP contribution in [-0.4, -0.2) is 37.7 Å². The Labute approximate surface area is 182 Å². The van der Waals surface area contributed by atoms with Gasteiger partial charge in [-0.25, -0.2) is 0 Å². The van der Waals surface area contributed by atoms with Crippen molar-refractivity contribution in [3.8, 4) is 22.4 Å². The number of carbonyl (C=O) groups excluding carboxylic acids is 1. The molecule has 1 saturated carbocycles. The monoisotopic (exact) mass is 416 g/mol. The Balaban J connectivity index is 1.54. The van der Waals surface area contributed by atoms with Crippen LogP contribution in [0.25, 0.3) is 22.4 Å². The van der Waals surface area contributed by atoms with Gasteiger partial charge in [0.15, 0.2) is 5.72 Å². The lowest BCUT2D eigenvalue weighted by Crippen LogP contribution is -2.37. The summed E-state index contributed by atoms with van der Waals surface area (Å²) in [6.45, 7) is 4.57. The van der Waals surface area contributed by atoms with E-state index < -0.39 is 5.72 Å². The Morgan fingerprint density at radius 1 is 1.13 bits per heavy atom. The van der Waals surface area contributed by atoms with E-state index >= 15 is 0 Å².